The van der Waals surface area contributed by atoms with Crippen molar-refractivity contribution in [1.82, 2.24) is 4.85 Å². The van der Waals surface area contributed by atoms with Crippen LogP contribution in [0.5, 0.6) is 0 Å². The maximum atomic E-state index is 8.88. The minimum atomic E-state index is 1.04. The Labute approximate surface area is 27.6 Å². The summed E-state index contributed by atoms with van der Waals surface area (Å²) in [5, 5.41) is 0. The second-order valence-electron chi connectivity index (χ2n) is 0.305. The number of rotatable bonds is 0. The van der Waals surface area contributed by atoms with Crippen molar-refractivity contribution in [3.63, 3.8) is 0 Å². The van der Waals surface area contributed by atoms with Crippen LogP contribution in [0.2, 0.25) is 0 Å². The van der Waals surface area contributed by atoms with Crippen LogP contribution < -0.4 is 4.85 Å². The summed E-state index contributed by atoms with van der Waals surface area (Å²) in [5.74, 6) is 2.41. The molecule has 0 radical (unpaired) electrons. The second-order valence-corrected chi connectivity index (χ2v) is 0.305. The molecule has 3 nitrogen and oxygen atoms in total. The van der Waals surface area contributed by atoms with Crippen molar-refractivity contribution >= 4 is 11.8 Å². The van der Waals surface area contributed by atoms with Crippen LogP contribution >= 0.6 is 0 Å². The Balaban J connectivity index is 4.38. The third-order valence-corrected chi connectivity index (χ3v) is 0.0913. The zero-order chi connectivity index (χ0) is 4.12. The molecule has 0 saturated heterocycles. The van der Waals surface area contributed by atoms with E-state index in [2.05, 4.69) is 0 Å². The van der Waals surface area contributed by atoms with E-state index in [1.54, 1.807) is 0 Å². The maximum Gasteiger partial charge on any atom is 0.482 e. The Kier molecular flexibility index (Phi) is 2.22. The van der Waals surface area contributed by atoms with E-state index in [1.807, 2.05) is 4.85 Å². The molecule has 3 heteroatoms. The molecule has 0 saturated carbocycles. The van der Waals surface area contributed by atoms with Crippen LogP contribution in [0.3, 0.4) is 0 Å². The van der Waals surface area contributed by atoms with Crippen molar-refractivity contribution in [2.45, 2.75) is 0 Å². The molecule has 0 spiro atoms. The van der Waals surface area contributed by atoms with Gasteiger partial charge in [0.1, 0.15) is 0 Å². The SMILES string of the molecule is O=C=C=[N+]=O. The van der Waals surface area contributed by atoms with Gasteiger partial charge in [-0.05, 0) is 0 Å². The molecule has 0 heterocycles. The molecule has 0 aromatic heterocycles. The van der Waals surface area contributed by atoms with E-state index in [4.69, 9.17) is 9.70 Å². The Morgan fingerprint density at radius 1 is 1.60 bits per heavy atom. The summed E-state index contributed by atoms with van der Waals surface area (Å²) in [6, 6.07) is 0. The first-order valence-corrected chi connectivity index (χ1v) is 0.860. The minimum absolute atomic E-state index is 1.04. The van der Waals surface area contributed by atoms with Gasteiger partial charge in [0, 0.05) is 0 Å². The monoisotopic (exact) mass is 70.0 g/mol. The fourth-order valence-electron chi connectivity index (χ4n) is 0.0186. The van der Waals surface area contributed by atoms with Gasteiger partial charge in [0.15, 0.2) is 4.91 Å². The lowest BCUT2D eigenvalue weighted by atomic mass is 11.2. The van der Waals surface area contributed by atoms with Gasteiger partial charge in [-0.15, -0.1) is 0 Å². The largest absolute Gasteiger partial charge is 0.482 e. The van der Waals surface area contributed by atoms with E-state index < -0.39 is 0 Å². The van der Waals surface area contributed by atoms with E-state index in [1.165, 1.54) is 5.87 Å². The highest BCUT2D eigenvalue weighted by molar-refractivity contribution is 5.83. The molecule has 0 aliphatic carbocycles. The molecular weight excluding hydrogens is 70.0 g/mol. The third kappa shape index (κ3) is 2.87. The van der Waals surface area contributed by atoms with E-state index >= 15 is 0 Å². The zero-order valence-corrected chi connectivity index (χ0v) is 2.26. The van der Waals surface area contributed by atoms with Crippen LogP contribution in [-0.2, 0) is 4.79 Å². The van der Waals surface area contributed by atoms with Gasteiger partial charge in [-0.1, -0.05) is 0 Å². The Morgan fingerprint density at radius 3 is 2.20 bits per heavy atom. The quantitative estimate of drug-likeness (QED) is 0.206. The van der Waals surface area contributed by atoms with Gasteiger partial charge >= 0.3 is 5.87 Å². The van der Waals surface area contributed by atoms with E-state index in [9.17, 15) is 0 Å². The number of hydrogen-bond acceptors (Lipinski definition) is 2. The Hall–Kier alpha value is -1.13. The molecular formula is C2NO2+. The number of nitrogens with zero attached hydrogens (tertiary/aromatic N) is 1. The molecule has 0 fully saturated rings. The highest BCUT2D eigenvalue weighted by Crippen LogP contribution is 0.950. The fourth-order valence-corrected chi connectivity index (χ4v) is 0.0186. The molecule has 24 valence electrons. The Morgan fingerprint density at radius 2 is 2.20 bits per heavy atom. The summed E-state index contributed by atoms with van der Waals surface area (Å²) in [5.41, 5.74) is 0. The summed E-state index contributed by atoms with van der Waals surface area (Å²) in [6.07, 6.45) is 0. The first-order valence-electron chi connectivity index (χ1n) is 0.860. The third-order valence-electron chi connectivity index (χ3n) is 0.0913. The van der Waals surface area contributed by atoms with E-state index in [0.29, 0.717) is 0 Å². The van der Waals surface area contributed by atoms with Crippen molar-refractivity contribution in [2.24, 2.45) is 0 Å². The van der Waals surface area contributed by atoms with Crippen LogP contribution in [-0.4, -0.2) is 11.8 Å². The van der Waals surface area contributed by atoms with Gasteiger partial charge in [-0.2, -0.15) is 0 Å². The first-order chi connectivity index (χ1) is 2.41. The molecule has 0 atom stereocenters. The van der Waals surface area contributed by atoms with Crippen LogP contribution in [0.1, 0.15) is 0 Å². The summed E-state index contributed by atoms with van der Waals surface area (Å²) in [7, 11) is 0. The van der Waals surface area contributed by atoms with Crippen LogP contribution in [0.25, 0.3) is 0 Å². The highest BCUT2D eigenvalue weighted by Gasteiger charge is 1.55. The van der Waals surface area contributed by atoms with Gasteiger partial charge in [0.2, 0.25) is 0 Å². The van der Waals surface area contributed by atoms with Crippen molar-refractivity contribution in [3.05, 3.63) is 4.91 Å². The standard InChI is InChI=1S/C2NO2/c4-2-1-3-5/q+1. The zero-order valence-electron chi connectivity index (χ0n) is 2.26. The Bertz CT molecular complexity index is 99.6. The lowest BCUT2D eigenvalue weighted by molar-refractivity contribution is 0.571. The van der Waals surface area contributed by atoms with Gasteiger partial charge in [-0.3, -0.25) is 0 Å². The molecule has 0 amide bonds. The van der Waals surface area contributed by atoms with E-state index in [0.717, 1.165) is 5.94 Å². The molecule has 0 aromatic carbocycles. The molecule has 0 N–H and O–H groups in total. The first kappa shape index (κ1) is 3.87. The number of hydrogen-bond donors (Lipinski definition) is 0. The average molecular weight is 70.0 g/mol. The molecule has 0 aliphatic rings. The van der Waals surface area contributed by atoms with Gasteiger partial charge < -0.3 is 0 Å². The van der Waals surface area contributed by atoms with E-state index in [-0.39, 0.29) is 0 Å². The van der Waals surface area contributed by atoms with Crippen molar-refractivity contribution in [2.75, 3.05) is 0 Å². The fraction of sp³-hybridized carbons (Fsp3) is 0. The molecule has 0 unspecified atom stereocenters. The molecule has 5 heavy (non-hydrogen) atoms. The molecule has 0 bridgehead atoms. The summed E-state index contributed by atoms with van der Waals surface area (Å²) >= 11 is 0. The van der Waals surface area contributed by atoms with Gasteiger partial charge in [0.05, 0.1) is 0 Å². The normalized spacial score (nSPS) is 3.20. The highest BCUT2D eigenvalue weighted by atomic mass is 16.2. The summed E-state index contributed by atoms with van der Waals surface area (Å²) in [4.78, 5) is 19.6. The average Bonchev–Trinajstić information content (AvgIpc) is 1.41. The summed E-state index contributed by atoms with van der Waals surface area (Å²) < 4.78 is 0. The smallest absolute Gasteiger partial charge is 0.216 e. The topological polar surface area (TPSA) is 48.2 Å². The number of carbonyl (C=O) groups excluding carboxylic acids is 1. The molecule has 0 aromatic rings. The predicted molar refractivity (Wildman–Crippen MR) is 16.2 cm³/mol. The van der Waals surface area contributed by atoms with Crippen LogP contribution in [0.4, 0.5) is 0 Å². The second kappa shape index (κ2) is 2.87. The van der Waals surface area contributed by atoms with Crippen LogP contribution in [0.15, 0.2) is 0 Å². The summed E-state index contributed by atoms with van der Waals surface area (Å²) in [6.45, 7) is 0. The van der Waals surface area contributed by atoms with Crippen molar-refractivity contribution in [1.29, 1.82) is 0 Å². The van der Waals surface area contributed by atoms with Gasteiger partial charge in [0.25, 0.3) is 10.8 Å². The number of nitroso groups, excluding NO2 is 1. The van der Waals surface area contributed by atoms with Gasteiger partial charge in [-0.25, -0.2) is 4.79 Å². The molecule has 0 rings (SSSR count). The lowest BCUT2D eigenvalue weighted by Crippen LogP contribution is -1.53. The predicted octanol–water partition coefficient (Wildman–Crippen LogP) is -1.12. The molecule has 0 aliphatic heterocycles. The maximum absolute atomic E-state index is 8.88. The van der Waals surface area contributed by atoms with Crippen molar-refractivity contribution in [3.8, 4) is 0 Å². The minimum Gasteiger partial charge on any atom is -0.216 e. The van der Waals surface area contributed by atoms with Crippen molar-refractivity contribution < 1.29 is 4.79 Å². The van der Waals surface area contributed by atoms with Crippen LogP contribution in [0, 0.1) is 4.91 Å². The lowest BCUT2D eigenvalue weighted by Gasteiger charge is -0.973.